The summed E-state index contributed by atoms with van der Waals surface area (Å²) in [5, 5.41) is 0. The first-order chi connectivity index (χ1) is 9.78. The molecule has 0 bridgehead atoms. The summed E-state index contributed by atoms with van der Waals surface area (Å²) in [6.45, 7) is -0.454. The van der Waals surface area contributed by atoms with Crippen LogP contribution in [-0.4, -0.2) is 56.4 Å². The number of carbonyl (C=O) groups is 2. The molecule has 1 fully saturated rings. The van der Waals surface area contributed by atoms with E-state index in [4.69, 9.17) is 9.15 Å². The summed E-state index contributed by atoms with van der Waals surface area (Å²) in [6.07, 6.45) is 0.406. The highest BCUT2D eigenvalue weighted by molar-refractivity contribution is 9.10. The molecule has 0 saturated carbocycles. The molecule has 0 aliphatic carbocycles. The Balaban J connectivity index is 1.86. The second kappa shape index (κ2) is 6.18. The topological polar surface area (TPSA) is 93.9 Å². The number of amides is 1. The van der Waals surface area contributed by atoms with Crippen molar-refractivity contribution in [3.63, 3.8) is 0 Å². The van der Waals surface area contributed by atoms with Crippen molar-refractivity contribution in [1.82, 2.24) is 4.90 Å². The first-order valence-electron chi connectivity index (χ1n) is 6.17. The first-order valence-corrected chi connectivity index (χ1v) is 8.78. The van der Waals surface area contributed by atoms with Crippen molar-refractivity contribution in [2.75, 3.05) is 25.2 Å². The number of nitrogens with zero attached hydrogens (tertiary/aromatic N) is 1. The van der Waals surface area contributed by atoms with E-state index >= 15 is 0 Å². The lowest BCUT2D eigenvalue weighted by Crippen LogP contribution is -2.40. The monoisotopic (exact) mass is 379 g/mol. The predicted molar refractivity (Wildman–Crippen MR) is 76.5 cm³/mol. The highest BCUT2D eigenvalue weighted by Crippen LogP contribution is 2.17. The van der Waals surface area contributed by atoms with Gasteiger partial charge in [-0.3, -0.25) is 4.79 Å². The average molecular weight is 380 g/mol. The molecule has 9 heteroatoms. The van der Waals surface area contributed by atoms with Crippen molar-refractivity contribution in [3.8, 4) is 0 Å². The molecule has 0 unspecified atom stereocenters. The molecule has 7 nitrogen and oxygen atoms in total. The van der Waals surface area contributed by atoms with E-state index in [0.717, 1.165) is 0 Å². The third kappa shape index (κ3) is 4.07. The van der Waals surface area contributed by atoms with Crippen LogP contribution in [0.15, 0.2) is 21.2 Å². The van der Waals surface area contributed by atoms with Gasteiger partial charge in [0.2, 0.25) is 5.76 Å². The maximum atomic E-state index is 11.9. The molecule has 0 N–H and O–H groups in total. The molecule has 1 aromatic heterocycles. The molecular formula is C12H14BrNO6S. The molecule has 1 saturated heterocycles. The number of ether oxygens (including phenoxy) is 1. The smallest absolute Gasteiger partial charge is 0.374 e. The maximum absolute atomic E-state index is 11.9. The Morgan fingerprint density at radius 1 is 1.48 bits per heavy atom. The van der Waals surface area contributed by atoms with E-state index in [9.17, 15) is 18.0 Å². The number of rotatable bonds is 4. The van der Waals surface area contributed by atoms with Gasteiger partial charge in [0.25, 0.3) is 5.91 Å². The summed E-state index contributed by atoms with van der Waals surface area (Å²) in [6, 6.07) is 2.59. The van der Waals surface area contributed by atoms with Crippen LogP contribution in [0.3, 0.4) is 0 Å². The highest BCUT2D eigenvalue weighted by atomic mass is 79.9. The van der Waals surface area contributed by atoms with Gasteiger partial charge in [-0.05, 0) is 34.5 Å². The van der Waals surface area contributed by atoms with Crippen LogP contribution in [0.2, 0.25) is 0 Å². The third-order valence-electron chi connectivity index (χ3n) is 3.25. The van der Waals surface area contributed by atoms with E-state index in [1.54, 1.807) is 0 Å². The normalized spacial score (nSPS) is 20.2. The Bertz CT molecular complexity index is 652. The molecule has 116 valence electrons. The zero-order chi connectivity index (χ0) is 15.6. The van der Waals surface area contributed by atoms with Crippen molar-refractivity contribution in [2.24, 2.45) is 0 Å². The van der Waals surface area contributed by atoms with Crippen LogP contribution < -0.4 is 0 Å². The number of furan rings is 1. The van der Waals surface area contributed by atoms with Gasteiger partial charge in [0.1, 0.15) is 0 Å². The Hall–Kier alpha value is -1.35. The van der Waals surface area contributed by atoms with Gasteiger partial charge >= 0.3 is 5.97 Å². The van der Waals surface area contributed by atoms with Gasteiger partial charge in [0.05, 0.1) is 11.5 Å². The molecule has 1 aromatic rings. The molecule has 1 amide bonds. The minimum atomic E-state index is -3.07. The average Bonchev–Trinajstić information content (AvgIpc) is 3.00. The molecule has 2 heterocycles. The lowest BCUT2D eigenvalue weighted by Gasteiger charge is -2.22. The molecule has 0 spiro atoms. The van der Waals surface area contributed by atoms with E-state index in [1.165, 1.54) is 24.1 Å². The maximum Gasteiger partial charge on any atom is 0.374 e. The van der Waals surface area contributed by atoms with E-state index < -0.39 is 28.3 Å². The number of likely N-dealkylation sites (N-methyl/N-ethyl adjacent to an activating group) is 1. The second-order valence-corrected chi connectivity index (χ2v) is 7.75. The van der Waals surface area contributed by atoms with E-state index in [2.05, 4.69) is 15.9 Å². The van der Waals surface area contributed by atoms with E-state index in [0.29, 0.717) is 11.1 Å². The fourth-order valence-corrected chi connectivity index (χ4v) is 4.09. The molecule has 0 aromatic carbocycles. The van der Waals surface area contributed by atoms with Crippen LogP contribution >= 0.6 is 15.9 Å². The summed E-state index contributed by atoms with van der Waals surface area (Å²) in [5.41, 5.74) is 0. The molecule has 2 rings (SSSR count). The quantitative estimate of drug-likeness (QED) is 0.719. The van der Waals surface area contributed by atoms with Crippen LogP contribution in [0, 0.1) is 0 Å². The lowest BCUT2D eigenvalue weighted by atomic mass is 10.2. The fourth-order valence-electron chi connectivity index (χ4n) is 2.01. The zero-order valence-corrected chi connectivity index (χ0v) is 13.6. The largest absolute Gasteiger partial charge is 0.450 e. The van der Waals surface area contributed by atoms with Crippen molar-refractivity contribution in [3.05, 3.63) is 22.6 Å². The standard InChI is InChI=1S/C12H14BrNO6S/c1-14(8-4-5-21(17,18)7-8)11(15)6-19-12(16)9-2-3-10(13)20-9/h2-3,8H,4-7H2,1H3/t8-/m0/s1. The van der Waals surface area contributed by atoms with Gasteiger partial charge in [-0.25, -0.2) is 13.2 Å². The Labute approximate surface area is 130 Å². The first kappa shape index (κ1) is 16.0. The number of hydrogen-bond donors (Lipinski definition) is 0. The summed E-state index contributed by atoms with van der Waals surface area (Å²) in [4.78, 5) is 24.8. The molecular weight excluding hydrogens is 366 g/mol. The molecule has 1 aliphatic heterocycles. The number of carbonyl (C=O) groups excluding carboxylic acids is 2. The van der Waals surface area contributed by atoms with Crippen LogP contribution in [0.5, 0.6) is 0 Å². The Morgan fingerprint density at radius 3 is 2.71 bits per heavy atom. The van der Waals surface area contributed by atoms with Gasteiger partial charge < -0.3 is 14.1 Å². The van der Waals surface area contributed by atoms with Crippen LogP contribution in [0.4, 0.5) is 0 Å². The van der Waals surface area contributed by atoms with Gasteiger partial charge in [0, 0.05) is 13.1 Å². The molecule has 21 heavy (non-hydrogen) atoms. The Morgan fingerprint density at radius 2 is 2.19 bits per heavy atom. The lowest BCUT2D eigenvalue weighted by molar-refractivity contribution is -0.134. The predicted octanol–water partition coefficient (Wildman–Crippen LogP) is 0.844. The van der Waals surface area contributed by atoms with Gasteiger partial charge in [-0.2, -0.15) is 0 Å². The van der Waals surface area contributed by atoms with E-state index in [1.807, 2.05) is 0 Å². The van der Waals surface area contributed by atoms with Gasteiger partial charge in [-0.1, -0.05) is 0 Å². The van der Waals surface area contributed by atoms with Gasteiger partial charge in [-0.15, -0.1) is 0 Å². The minimum Gasteiger partial charge on any atom is -0.450 e. The zero-order valence-electron chi connectivity index (χ0n) is 11.2. The van der Waals surface area contributed by atoms with Crippen molar-refractivity contribution in [1.29, 1.82) is 0 Å². The number of sulfone groups is 1. The SMILES string of the molecule is CN(C(=O)COC(=O)c1ccc(Br)o1)[C@H]1CCS(=O)(=O)C1. The van der Waals surface area contributed by atoms with Crippen molar-refractivity contribution < 1.29 is 27.2 Å². The summed E-state index contributed by atoms with van der Waals surface area (Å²) in [5.74, 6) is -1.18. The summed E-state index contributed by atoms with van der Waals surface area (Å²) in [7, 11) is -1.56. The number of hydrogen-bond acceptors (Lipinski definition) is 6. The van der Waals surface area contributed by atoms with Crippen LogP contribution in [0.25, 0.3) is 0 Å². The summed E-state index contributed by atoms with van der Waals surface area (Å²) < 4.78 is 33.0. The second-order valence-electron chi connectivity index (χ2n) is 4.74. The fraction of sp³-hybridized carbons (Fsp3) is 0.500. The number of esters is 1. The molecule has 1 aliphatic rings. The van der Waals surface area contributed by atoms with Crippen molar-refractivity contribution >= 4 is 37.6 Å². The van der Waals surface area contributed by atoms with E-state index in [-0.39, 0.29) is 23.3 Å². The summed E-state index contributed by atoms with van der Waals surface area (Å²) >= 11 is 3.05. The highest BCUT2D eigenvalue weighted by Gasteiger charge is 2.33. The van der Waals surface area contributed by atoms with Gasteiger partial charge in [0.15, 0.2) is 21.1 Å². The van der Waals surface area contributed by atoms with Crippen LogP contribution in [0.1, 0.15) is 17.0 Å². The van der Waals surface area contributed by atoms with Crippen molar-refractivity contribution in [2.45, 2.75) is 12.5 Å². The Kier molecular flexibility index (Phi) is 4.72. The molecule has 1 atom stereocenters. The third-order valence-corrected chi connectivity index (χ3v) is 5.43. The molecule has 0 radical (unpaired) electrons. The number of halogens is 1. The van der Waals surface area contributed by atoms with Crippen LogP contribution in [-0.2, 0) is 19.4 Å². The minimum absolute atomic E-state index is 0.0132.